The highest BCUT2D eigenvalue weighted by Gasteiger charge is 2.39. The van der Waals surface area contributed by atoms with Crippen LogP contribution in [-0.4, -0.2) is 19.4 Å². The second-order valence-electron chi connectivity index (χ2n) is 2.77. The lowest BCUT2D eigenvalue weighted by molar-refractivity contribution is -0.118. The molecule has 1 rings (SSSR count). The molecule has 0 heterocycles. The van der Waals surface area contributed by atoms with Gasteiger partial charge in [-0.05, 0) is 32.9 Å². The molecule has 0 aliphatic heterocycles. The summed E-state index contributed by atoms with van der Waals surface area (Å²) in [7, 11) is 1.93. The molecule has 1 aliphatic carbocycles. The van der Waals surface area contributed by atoms with Crippen molar-refractivity contribution in [3.05, 3.63) is 0 Å². The Kier molecular flexibility index (Phi) is 1.86. The molecule has 0 amide bonds. The van der Waals surface area contributed by atoms with Gasteiger partial charge in [0.25, 0.3) is 0 Å². The fraction of sp³-hybridized carbons (Fsp3) is 0.857. The van der Waals surface area contributed by atoms with E-state index in [4.69, 9.17) is 0 Å². The van der Waals surface area contributed by atoms with Gasteiger partial charge in [-0.1, -0.05) is 0 Å². The standard InChI is InChI=1S/C7H13NO/c1-5(9)7-3-6(7)4-8-2/h6-8H,3-4H2,1-2H3. The summed E-state index contributed by atoms with van der Waals surface area (Å²) in [5.41, 5.74) is 0. The van der Waals surface area contributed by atoms with Gasteiger partial charge >= 0.3 is 0 Å². The monoisotopic (exact) mass is 127 g/mol. The van der Waals surface area contributed by atoms with E-state index >= 15 is 0 Å². The van der Waals surface area contributed by atoms with Gasteiger partial charge < -0.3 is 5.32 Å². The Hall–Kier alpha value is -0.370. The number of nitrogens with one attached hydrogen (secondary N) is 1. The van der Waals surface area contributed by atoms with Crippen molar-refractivity contribution in [3.63, 3.8) is 0 Å². The minimum Gasteiger partial charge on any atom is -0.319 e. The van der Waals surface area contributed by atoms with E-state index in [1.165, 1.54) is 0 Å². The molecule has 0 bridgehead atoms. The zero-order valence-electron chi connectivity index (χ0n) is 5.98. The number of hydrogen-bond donors (Lipinski definition) is 1. The summed E-state index contributed by atoms with van der Waals surface area (Å²) in [6.07, 6.45) is 1.11. The Morgan fingerprint density at radius 1 is 1.78 bits per heavy atom. The van der Waals surface area contributed by atoms with Crippen LogP contribution in [0.2, 0.25) is 0 Å². The van der Waals surface area contributed by atoms with Crippen molar-refractivity contribution in [3.8, 4) is 0 Å². The maximum Gasteiger partial charge on any atom is 0.133 e. The predicted molar refractivity (Wildman–Crippen MR) is 36.2 cm³/mol. The minimum absolute atomic E-state index is 0.357. The maximum absolute atomic E-state index is 10.7. The van der Waals surface area contributed by atoms with Crippen LogP contribution in [0.25, 0.3) is 0 Å². The first kappa shape index (κ1) is 6.75. The molecule has 0 aromatic heterocycles. The highest BCUT2D eigenvalue weighted by Crippen LogP contribution is 2.38. The first-order chi connectivity index (χ1) is 4.25. The number of rotatable bonds is 3. The lowest BCUT2D eigenvalue weighted by atomic mass is 10.2. The minimum atomic E-state index is 0.357. The highest BCUT2D eigenvalue weighted by molar-refractivity contribution is 5.81. The predicted octanol–water partition coefficient (Wildman–Crippen LogP) is 0.431. The summed E-state index contributed by atoms with van der Waals surface area (Å²) in [4.78, 5) is 10.7. The molecule has 2 unspecified atom stereocenters. The van der Waals surface area contributed by atoms with Crippen molar-refractivity contribution >= 4 is 5.78 Å². The molecule has 2 nitrogen and oxygen atoms in total. The van der Waals surface area contributed by atoms with Gasteiger partial charge in [-0.15, -0.1) is 0 Å². The molecular weight excluding hydrogens is 114 g/mol. The largest absolute Gasteiger partial charge is 0.319 e. The number of carbonyl (C=O) groups is 1. The zero-order valence-corrected chi connectivity index (χ0v) is 5.98. The fourth-order valence-corrected chi connectivity index (χ4v) is 1.23. The molecule has 2 atom stereocenters. The average molecular weight is 127 g/mol. The second-order valence-corrected chi connectivity index (χ2v) is 2.77. The molecule has 9 heavy (non-hydrogen) atoms. The van der Waals surface area contributed by atoms with Gasteiger partial charge in [0.15, 0.2) is 0 Å². The molecule has 0 radical (unpaired) electrons. The van der Waals surface area contributed by atoms with Gasteiger partial charge in [-0.3, -0.25) is 4.79 Å². The first-order valence-electron chi connectivity index (χ1n) is 3.40. The first-order valence-corrected chi connectivity index (χ1v) is 3.40. The number of Topliss-reactive ketones (excluding diaryl/α,β-unsaturated/α-hetero) is 1. The van der Waals surface area contributed by atoms with Crippen molar-refractivity contribution in [1.82, 2.24) is 5.32 Å². The molecule has 0 aromatic carbocycles. The summed E-state index contributed by atoms with van der Waals surface area (Å²) < 4.78 is 0. The Bertz CT molecular complexity index is 122. The van der Waals surface area contributed by atoms with E-state index in [9.17, 15) is 4.79 Å². The third-order valence-electron chi connectivity index (χ3n) is 1.91. The Morgan fingerprint density at radius 3 is 2.78 bits per heavy atom. The summed E-state index contributed by atoms with van der Waals surface area (Å²) in [5.74, 6) is 1.39. The summed E-state index contributed by atoms with van der Waals surface area (Å²) in [6, 6.07) is 0. The van der Waals surface area contributed by atoms with Crippen LogP contribution in [0.4, 0.5) is 0 Å². The van der Waals surface area contributed by atoms with Crippen LogP contribution in [0.15, 0.2) is 0 Å². The topological polar surface area (TPSA) is 29.1 Å². The lowest BCUT2D eigenvalue weighted by Gasteiger charge is -1.92. The normalized spacial score (nSPS) is 32.2. The quantitative estimate of drug-likeness (QED) is 0.595. The van der Waals surface area contributed by atoms with Crippen LogP contribution in [0.5, 0.6) is 0 Å². The molecule has 0 spiro atoms. The third-order valence-corrected chi connectivity index (χ3v) is 1.91. The van der Waals surface area contributed by atoms with E-state index in [0.717, 1.165) is 13.0 Å². The van der Waals surface area contributed by atoms with Crippen LogP contribution in [0.3, 0.4) is 0 Å². The van der Waals surface area contributed by atoms with Crippen LogP contribution >= 0.6 is 0 Å². The van der Waals surface area contributed by atoms with Crippen molar-refractivity contribution in [2.45, 2.75) is 13.3 Å². The van der Waals surface area contributed by atoms with E-state index in [-0.39, 0.29) is 0 Å². The maximum atomic E-state index is 10.7. The van der Waals surface area contributed by atoms with Gasteiger partial charge in [-0.2, -0.15) is 0 Å². The van der Waals surface area contributed by atoms with E-state index in [2.05, 4.69) is 5.32 Å². The van der Waals surface area contributed by atoms with Crippen molar-refractivity contribution in [2.75, 3.05) is 13.6 Å². The van der Waals surface area contributed by atoms with E-state index in [1.807, 2.05) is 7.05 Å². The summed E-state index contributed by atoms with van der Waals surface area (Å²) in [5, 5.41) is 3.06. The van der Waals surface area contributed by atoms with Crippen LogP contribution in [0, 0.1) is 11.8 Å². The van der Waals surface area contributed by atoms with Crippen molar-refractivity contribution < 1.29 is 4.79 Å². The number of ketones is 1. The van der Waals surface area contributed by atoms with Gasteiger partial charge in [-0.25, -0.2) is 0 Å². The van der Waals surface area contributed by atoms with E-state index in [1.54, 1.807) is 6.92 Å². The summed E-state index contributed by atoms with van der Waals surface area (Å²) in [6.45, 7) is 2.69. The fourth-order valence-electron chi connectivity index (χ4n) is 1.23. The van der Waals surface area contributed by atoms with Crippen LogP contribution in [-0.2, 0) is 4.79 Å². The molecule has 52 valence electrons. The zero-order chi connectivity index (χ0) is 6.85. The molecule has 1 aliphatic rings. The van der Waals surface area contributed by atoms with E-state index in [0.29, 0.717) is 17.6 Å². The summed E-state index contributed by atoms with van der Waals surface area (Å²) >= 11 is 0. The Morgan fingerprint density at radius 2 is 2.44 bits per heavy atom. The van der Waals surface area contributed by atoms with Gasteiger partial charge in [0.1, 0.15) is 5.78 Å². The molecule has 1 N–H and O–H groups in total. The molecule has 1 saturated carbocycles. The van der Waals surface area contributed by atoms with Gasteiger partial charge in [0, 0.05) is 5.92 Å². The average Bonchev–Trinajstić information content (AvgIpc) is 2.47. The SMILES string of the molecule is CNCC1CC1C(C)=O. The Balaban J connectivity index is 2.17. The smallest absolute Gasteiger partial charge is 0.133 e. The van der Waals surface area contributed by atoms with Crippen molar-refractivity contribution in [2.24, 2.45) is 11.8 Å². The molecule has 0 aromatic rings. The van der Waals surface area contributed by atoms with Crippen LogP contribution < -0.4 is 5.32 Å². The van der Waals surface area contributed by atoms with Gasteiger partial charge in [0.05, 0.1) is 0 Å². The molecule has 2 heteroatoms. The molecular formula is C7H13NO. The molecule has 1 fully saturated rings. The lowest BCUT2D eigenvalue weighted by Crippen LogP contribution is -2.11. The number of hydrogen-bond acceptors (Lipinski definition) is 2. The Labute approximate surface area is 55.6 Å². The van der Waals surface area contributed by atoms with E-state index < -0.39 is 0 Å². The number of carbonyl (C=O) groups excluding carboxylic acids is 1. The van der Waals surface area contributed by atoms with Crippen LogP contribution in [0.1, 0.15) is 13.3 Å². The molecule has 0 saturated heterocycles. The van der Waals surface area contributed by atoms with Gasteiger partial charge in [0.2, 0.25) is 0 Å². The third kappa shape index (κ3) is 1.52. The highest BCUT2D eigenvalue weighted by atomic mass is 16.1. The second kappa shape index (κ2) is 2.48. The van der Waals surface area contributed by atoms with Crippen molar-refractivity contribution in [1.29, 1.82) is 0 Å².